The van der Waals surface area contributed by atoms with Crippen LogP contribution in [0.3, 0.4) is 0 Å². The van der Waals surface area contributed by atoms with Crippen LogP contribution < -0.4 is 4.74 Å². The minimum Gasteiger partial charge on any atom is -0.489 e. The molecule has 2 fully saturated rings. The van der Waals surface area contributed by atoms with Gasteiger partial charge in [-0.3, -0.25) is 9.69 Å². The fourth-order valence-corrected chi connectivity index (χ4v) is 5.16. The minimum atomic E-state index is -0.282. The molecule has 0 spiro atoms. The molecule has 1 saturated heterocycles. The van der Waals surface area contributed by atoms with Crippen LogP contribution in [0.5, 0.6) is 5.75 Å². The molecule has 1 saturated carbocycles. The summed E-state index contributed by atoms with van der Waals surface area (Å²) in [7, 11) is 0. The molecule has 0 atom stereocenters. The molecule has 1 aliphatic carbocycles. The van der Waals surface area contributed by atoms with Gasteiger partial charge in [0.25, 0.3) is 5.91 Å². The standard InChI is InChI=1S/C23H22FNO2S2/c24-20-12-5-4-8-17(20)15-27-19-11-6-7-16(13-19)14-21-22(26)25(23(28)29-21)18-9-2-1-3-10-18/h4-8,11-14,18H,1-3,9-10,15H2/b21-14+. The summed E-state index contributed by atoms with van der Waals surface area (Å²) in [5.41, 5.74) is 1.37. The number of ether oxygens (including phenoxy) is 1. The van der Waals surface area contributed by atoms with Crippen LogP contribution in [0, 0.1) is 5.82 Å². The van der Waals surface area contributed by atoms with Crippen molar-refractivity contribution in [2.45, 2.75) is 44.8 Å². The van der Waals surface area contributed by atoms with Crippen LogP contribution in [-0.4, -0.2) is 21.2 Å². The first-order chi connectivity index (χ1) is 14.1. The van der Waals surface area contributed by atoms with Crippen molar-refractivity contribution in [3.05, 3.63) is 70.4 Å². The van der Waals surface area contributed by atoms with Gasteiger partial charge in [-0.05, 0) is 42.7 Å². The molecule has 6 heteroatoms. The molecule has 0 N–H and O–H groups in total. The lowest BCUT2D eigenvalue weighted by Crippen LogP contribution is -2.39. The van der Waals surface area contributed by atoms with Gasteiger partial charge in [-0.25, -0.2) is 4.39 Å². The zero-order chi connectivity index (χ0) is 20.2. The predicted octanol–water partition coefficient (Wildman–Crippen LogP) is 5.94. The Kier molecular flexibility index (Phi) is 6.31. The second-order valence-electron chi connectivity index (χ2n) is 7.30. The zero-order valence-corrected chi connectivity index (χ0v) is 17.6. The van der Waals surface area contributed by atoms with Gasteiger partial charge in [-0.1, -0.05) is 73.6 Å². The van der Waals surface area contributed by atoms with E-state index in [0.717, 1.165) is 31.2 Å². The number of nitrogens with zero attached hydrogens (tertiary/aromatic N) is 1. The lowest BCUT2D eigenvalue weighted by molar-refractivity contribution is -0.124. The van der Waals surface area contributed by atoms with Crippen LogP contribution in [0.2, 0.25) is 0 Å². The van der Waals surface area contributed by atoms with Gasteiger partial charge in [-0.2, -0.15) is 0 Å². The van der Waals surface area contributed by atoms with Gasteiger partial charge >= 0.3 is 0 Å². The fraction of sp³-hybridized carbons (Fsp3) is 0.304. The van der Waals surface area contributed by atoms with E-state index in [1.807, 2.05) is 35.2 Å². The fourth-order valence-electron chi connectivity index (χ4n) is 3.76. The van der Waals surface area contributed by atoms with E-state index in [9.17, 15) is 9.18 Å². The summed E-state index contributed by atoms with van der Waals surface area (Å²) in [5, 5.41) is 0. The molecule has 4 rings (SSSR count). The average Bonchev–Trinajstić information content (AvgIpc) is 3.01. The summed E-state index contributed by atoms with van der Waals surface area (Å²) in [6.45, 7) is 0.153. The molecule has 0 aromatic heterocycles. The highest BCUT2D eigenvalue weighted by Crippen LogP contribution is 2.37. The Labute approximate surface area is 179 Å². The molecule has 0 radical (unpaired) electrons. The number of thiocarbonyl (C=S) groups is 1. The van der Waals surface area contributed by atoms with Crippen LogP contribution in [0.1, 0.15) is 43.2 Å². The van der Waals surface area contributed by atoms with Gasteiger partial charge < -0.3 is 4.74 Å². The molecule has 1 amide bonds. The number of hydrogen-bond donors (Lipinski definition) is 0. The van der Waals surface area contributed by atoms with E-state index < -0.39 is 0 Å². The van der Waals surface area contributed by atoms with E-state index in [4.69, 9.17) is 17.0 Å². The molecule has 29 heavy (non-hydrogen) atoms. The monoisotopic (exact) mass is 427 g/mol. The number of benzene rings is 2. The van der Waals surface area contributed by atoms with Crippen molar-refractivity contribution >= 4 is 40.3 Å². The summed E-state index contributed by atoms with van der Waals surface area (Å²) in [6, 6.07) is 14.3. The van der Waals surface area contributed by atoms with Crippen LogP contribution >= 0.6 is 24.0 Å². The maximum Gasteiger partial charge on any atom is 0.266 e. The van der Waals surface area contributed by atoms with Crippen LogP contribution in [-0.2, 0) is 11.4 Å². The topological polar surface area (TPSA) is 29.5 Å². The normalized spacial score (nSPS) is 19.2. The molecule has 3 nitrogen and oxygen atoms in total. The molecular formula is C23H22FNO2S2. The van der Waals surface area contributed by atoms with Gasteiger partial charge in [0.1, 0.15) is 22.5 Å². The summed E-state index contributed by atoms with van der Waals surface area (Å²) in [5.74, 6) is 0.351. The first-order valence-corrected chi connectivity index (χ1v) is 11.1. The third kappa shape index (κ3) is 4.70. The van der Waals surface area contributed by atoms with E-state index in [-0.39, 0.29) is 24.4 Å². The predicted molar refractivity (Wildman–Crippen MR) is 119 cm³/mol. The summed E-state index contributed by atoms with van der Waals surface area (Å²) in [6.07, 6.45) is 7.46. The van der Waals surface area contributed by atoms with Gasteiger partial charge in [0.2, 0.25) is 0 Å². The molecule has 1 aliphatic heterocycles. The van der Waals surface area contributed by atoms with Crippen molar-refractivity contribution in [2.24, 2.45) is 0 Å². The highest BCUT2D eigenvalue weighted by molar-refractivity contribution is 8.26. The minimum absolute atomic E-state index is 0.00424. The van der Waals surface area contributed by atoms with E-state index in [2.05, 4.69) is 0 Å². The maximum atomic E-state index is 13.8. The van der Waals surface area contributed by atoms with Gasteiger partial charge in [0, 0.05) is 11.6 Å². The van der Waals surface area contributed by atoms with Crippen LogP contribution in [0.15, 0.2) is 53.4 Å². The van der Waals surface area contributed by atoms with Gasteiger partial charge in [-0.15, -0.1) is 0 Å². The SMILES string of the molecule is O=C1/C(=C\c2cccc(OCc3ccccc3F)c2)SC(=S)N1C1CCCCC1. The molecule has 150 valence electrons. The first-order valence-electron chi connectivity index (χ1n) is 9.85. The van der Waals surface area contributed by atoms with E-state index in [1.165, 1.54) is 24.2 Å². The number of carbonyl (C=O) groups excluding carboxylic acids is 1. The first kappa shape index (κ1) is 20.1. The van der Waals surface area contributed by atoms with Crippen molar-refractivity contribution in [2.75, 3.05) is 0 Å². The average molecular weight is 428 g/mol. The second-order valence-corrected chi connectivity index (χ2v) is 8.97. The van der Waals surface area contributed by atoms with E-state index in [1.54, 1.807) is 18.2 Å². The number of thioether (sulfide) groups is 1. The van der Waals surface area contributed by atoms with E-state index in [0.29, 0.717) is 20.5 Å². The van der Waals surface area contributed by atoms with Crippen LogP contribution in [0.25, 0.3) is 6.08 Å². The maximum absolute atomic E-state index is 13.8. The number of amides is 1. The van der Waals surface area contributed by atoms with E-state index >= 15 is 0 Å². The quantitative estimate of drug-likeness (QED) is 0.436. The third-order valence-electron chi connectivity index (χ3n) is 5.27. The molecule has 0 unspecified atom stereocenters. The molecule has 2 aliphatic rings. The zero-order valence-electron chi connectivity index (χ0n) is 16.0. The Morgan fingerprint density at radius 1 is 1.14 bits per heavy atom. The largest absolute Gasteiger partial charge is 0.489 e. The summed E-state index contributed by atoms with van der Waals surface area (Å²) >= 11 is 6.86. The Balaban J connectivity index is 1.47. The van der Waals surface area contributed by atoms with Crippen molar-refractivity contribution in [1.82, 2.24) is 4.90 Å². The third-order valence-corrected chi connectivity index (χ3v) is 6.60. The highest BCUT2D eigenvalue weighted by atomic mass is 32.2. The Morgan fingerprint density at radius 2 is 1.93 bits per heavy atom. The van der Waals surface area contributed by atoms with Crippen molar-refractivity contribution < 1.29 is 13.9 Å². The van der Waals surface area contributed by atoms with Crippen LogP contribution in [0.4, 0.5) is 4.39 Å². The molecule has 2 aromatic rings. The summed E-state index contributed by atoms with van der Waals surface area (Å²) in [4.78, 5) is 15.4. The number of hydrogen-bond acceptors (Lipinski definition) is 4. The number of carbonyl (C=O) groups is 1. The number of halogens is 1. The summed E-state index contributed by atoms with van der Waals surface area (Å²) < 4.78 is 20.2. The van der Waals surface area contributed by atoms with Gasteiger partial charge in [0.05, 0.1) is 4.91 Å². The van der Waals surface area contributed by atoms with Crippen molar-refractivity contribution in [3.63, 3.8) is 0 Å². The number of rotatable bonds is 5. The smallest absolute Gasteiger partial charge is 0.266 e. The Hall–Kier alpha value is -2.18. The lowest BCUT2D eigenvalue weighted by atomic mass is 9.94. The lowest BCUT2D eigenvalue weighted by Gasteiger charge is -2.29. The van der Waals surface area contributed by atoms with Crippen molar-refractivity contribution in [1.29, 1.82) is 0 Å². The van der Waals surface area contributed by atoms with Gasteiger partial charge in [0.15, 0.2) is 0 Å². The highest BCUT2D eigenvalue weighted by Gasteiger charge is 2.37. The second kappa shape index (κ2) is 9.09. The molecular weight excluding hydrogens is 405 g/mol. The Bertz CT molecular complexity index is 953. The van der Waals surface area contributed by atoms with Crippen molar-refractivity contribution in [3.8, 4) is 5.75 Å². The molecule has 2 aromatic carbocycles. The molecule has 1 heterocycles. The Morgan fingerprint density at radius 3 is 2.72 bits per heavy atom. The molecule has 0 bridgehead atoms.